The lowest BCUT2D eigenvalue weighted by Crippen LogP contribution is -2.37. The van der Waals surface area contributed by atoms with E-state index in [2.05, 4.69) is 15.9 Å². The van der Waals surface area contributed by atoms with E-state index in [0.29, 0.717) is 4.47 Å². The van der Waals surface area contributed by atoms with Crippen LogP contribution in [0.4, 0.5) is 4.39 Å². The van der Waals surface area contributed by atoms with Crippen molar-refractivity contribution in [3.63, 3.8) is 0 Å². The molecule has 1 aromatic carbocycles. The maximum Gasteiger partial charge on any atom is 0.140 e. The number of benzene rings is 1. The van der Waals surface area contributed by atoms with Gasteiger partial charge in [0.1, 0.15) is 5.82 Å². The Morgan fingerprint density at radius 2 is 2.15 bits per heavy atom. The van der Waals surface area contributed by atoms with Gasteiger partial charge >= 0.3 is 0 Å². The molecule has 1 fully saturated rings. The highest BCUT2D eigenvalue weighted by atomic mass is 79.9. The molecule has 0 saturated heterocycles. The van der Waals surface area contributed by atoms with Crippen LogP contribution in [0, 0.1) is 5.82 Å². The summed E-state index contributed by atoms with van der Waals surface area (Å²) in [6.07, 6.45) is 2.02. The Labute approximate surface area is 85.3 Å². The van der Waals surface area contributed by atoms with Crippen LogP contribution in [0.25, 0.3) is 0 Å². The predicted octanol–water partition coefficient (Wildman–Crippen LogP) is 2.79. The lowest BCUT2D eigenvalue weighted by atomic mass is 9.75. The maximum absolute atomic E-state index is 13.5. The van der Waals surface area contributed by atoms with Gasteiger partial charge in [0.2, 0.25) is 0 Å². The van der Waals surface area contributed by atoms with E-state index < -0.39 is 0 Å². The molecule has 3 heteroatoms. The molecule has 0 spiro atoms. The van der Waals surface area contributed by atoms with Gasteiger partial charge in [0.25, 0.3) is 0 Å². The molecule has 2 rings (SSSR count). The average molecular weight is 244 g/mol. The van der Waals surface area contributed by atoms with E-state index in [-0.39, 0.29) is 17.8 Å². The van der Waals surface area contributed by atoms with Crippen molar-refractivity contribution in [1.29, 1.82) is 0 Å². The van der Waals surface area contributed by atoms with E-state index in [1.165, 1.54) is 0 Å². The second-order valence-corrected chi connectivity index (χ2v) is 4.35. The molecule has 0 amide bonds. The highest BCUT2D eigenvalue weighted by Gasteiger charge is 2.31. The fourth-order valence-electron chi connectivity index (χ4n) is 1.72. The van der Waals surface area contributed by atoms with Crippen molar-refractivity contribution in [1.82, 2.24) is 0 Å². The van der Waals surface area contributed by atoms with Gasteiger partial charge in [-0.15, -0.1) is 0 Å². The molecule has 1 aliphatic carbocycles. The van der Waals surface area contributed by atoms with Crippen molar-refractivity contribution in [3.05, 3.63) is 34.1 Å². The number of nitrogens with two attached hydrogens (primary N) is 1. The first-order chi connectivity index (χ1) is 6.20. The Morgan fingerprint density at radius 1 is 1.38 bits per heavy atom. The summed E-state index contributed by atoms with van der Waals surface area (Å²) in [6.45, 7) is 0. The topological polar surface area (TPSA) is 26.0 Å². The molecule has 1 saturated carbocycles. The Hall–Kier alpha value is -0.410. The number of rotatable bonds is 1. The van der Waals surface area contributed by atoms with Crippen molar-refractivity contribution in [2.24, 2.45) is 5.73 Å². The van der Waals surface area contributed by atoms with Gasteiger partial charge in [0.05, 0.1) is 4.47 Å². The molecule has 0 aliphatic heterocycles. The fourth-order valence-corrected chi connectivity index (χ4v) is 2.10. The third kappa shape index (κ3) is 1.51. The monoisotopic (exact) mass is 243 g/mol. The average Bonchev–Trinajstić information content (AvgIpc) is 2.10. The lowest BCUT2D eigenvalue weighted by Gasteiger charge is -2.34. The molecule has 2 N–H and O–H groups in total. The quantitative estimate of drug-likeness (QED) is 0.807. The van der Waals surface area contributed by atoms with E-state index in [9.17, 15) is 4.39 Å². The van der Waals surface area contributed by atoms with Crippen LogP contribution in [-0.2, 0) is 0 Å². The largest absolute Gasteiger partial charge is 0.327 e. The van der Waals surface area contributed by atoms with E-state index >= 15 is 0 Å². The molecule has 0 aromatic heterocycles. The molecule has 0 bridgehead atoms. The zero-order valence-electron chi connectivity index (χ0n) is 7.13. The van der Waals surface area contributed by atoms with E-state index in [1.807, 2.05) is 12.1 Å². The van der Waals surface area contributed by atoms with Crippen molar-refractivity contribution in [2.75, 3.05) is 0 Å². The molecular formula is C10H11BrFN. The minimum atomic E-state index is -0.150. The molecular weight excluding hydrogens is 233 g/mol. The van der Waals surface area contributed by atoms with E-state index in [1.54, 1.807) is 6.07 Å². The molecule has 2 unspecified atom stereocenters. The fraction of sp³-hybridized carbons (Fsp3) is 0.400. The molecule has 1 aliphatic rings. The summed E-state index contributed by atoms with van der Waals surface area (Å²) in [5.74, 6) is 0.0696. The van der Waals surface area contributed by atoms with E-state index in [0.717, 1.165) is 18.4 Å². The van der Waals surface area contributed by atoms with Crippen LogP contribution in [0.3, 0.4) is 0 Å². The van der Waals surface area contributed by atoms with Crippen molar-refractivity contribution >= 4 is 15.9 Å². The van der Waals surface area contributed by atoms with Crippen LogP contribution in [0.1, 0.15) is 24.3 Å². The lowest BCUT2D eigenvalue weighted by molar-refractivity contribution is 0.336. The highest BCUT2D eigenvalue weighted by Crippen LogP contribution is 2.38. The molecule has 13 heavy (non-hydrogen) atoms. The number of hydrogen-bond donors (Lipinski definition) is 1. The summed E-state index contributed by atoms with van der Waals surface area (Å²) in [5.41, 5.74) is 6.55. The Bertz CT molecular complexity index is 327. The summed E-state index contributed by atoms with van der Waals surface area (Å²) in [5, 5.41) is 0. The third-order valence-electron chi connectivity index (χ3n) is 2.71. The minimum Gasteiger partial charge on any atom is -0.327 e. The summed E-state index contributed by atoms with van der Waals surface area (Å²) >= 11 is 3.17. The summed E-state index contributed by atoms with van der Waals surface area (Å²) < 4.78 is 14.1. The summed E-state index contributed by atoms with van der Waals surface area (Å²) in [4.78, 5) is 0. The Balaban J connectivity index is 2.34. The molecule has 0 radical (unpaired) electrons. The third-order valence-corrected chi connectivity index (χ3v) is 3.32. The van der Waals surface area contributed by atoms with Crippen molar-refractivity contribution in [2.45, 2.75) is 24.8 Å². The second kappa shape index (κ2) is 3.39. The molecule has 1 aromatic rings. The standard InChI is InChI=1S/C10H11BrFN/c11-8-3-1-2-7(10(8)12)6-4-5-9(6)13/h1-3,6,9H,4-5,13H2. The highest BCUT2D eigenvalue weighted by molar-refractivity contribution is 9.10. The maximum atomic E-state index is 13.5. The Morgan fingerprint density at radius 3 is 2.69 bits per heavy atom. The van der Waals surface area contributed by atoms with Crippen LogP contribution >= 0.6 is 15.9 Å². The van der Waals surface area contributed by atoms with Gasteiger partial charge in [-0.1, -0.05) is 12.1 Å². The first-order valence-corrected chi connectivity index (χ1v) is 5.19. The van der Waals surface area contributed by atoms with Crippen LogP contribution < -0.4 is 5.73 Å². The van der Waals surface area contributed by atoms with Crippen LogP contribution in [0.5, 0.6) is 0 Å². The van der Waals surface area contributed by atoms with Crippen LogP contribution in [-0.4, -0.2) is 6.04 Å². The summed E-state index contributed by atoms with van der Waals surface area (Å²) in [6, 6.07) is 5.53. The second-order valence-electron chi connectivity index (χ2n) is 3.49. The van der Waals surface area contributed by atoms with Gasteiger partial charge in [-0.25, -0.2) is 4.39 Å². The van der Waals surface area contributed by atoms with Crippen LogP contribution in [0.2, 0.25) is 0 Å². The van der Waals surface area contributed by atoms with Gasteiger partial charge in [-0.2, -0.15) is 0 Å². The zero-order valence-corrected chi connectivity index (χ0v) is 8.72. The SMILES string of the molecule is NC1CCC1c1cccc(Br)c1F. The normalized spacial score (nSPS) is 27.0. The van der Waals surface area contributed by atoms with Gasteiger partial charge in [0.15, 0.2) is 0 Å². The van der Waals surface area contributed by atoms with Gasteiger partial charge in [-0.05, 0) is 40.4 Å². The van der Waals surface area contributed by atoms with Gasteiger partial charge in [-0.3, -0.25) is 0 Å². The smallest absolute Gasteiger partial charge is 0.140 e. The first-order valence-electron chi connectivity index (χ1n) is 4.39. The minimum absolute atomic E-state index is 0.142. The zero-order chi connectivity index (χ0) is 9.42. The molecule has 70 valence electrons. The molecule has 1 nitrogen and oxygen atoms in total. The summed E-state index contributed by atoms with van der Waals surface area (Å²) in [7, 11) is 0. The predicted molar refractivity (Wildman–Crippen MR) is 54.1 cm³/mol. The van der Waals surface area contributed by atoms with Gasteiger partial charge < -0.3 is 5.73 Å². The van der Waals surface area contributed by atoms with Crippen LogP contribution in [0.15, 0.2) is 22.7 Å². The van der Waals surface area contributed by atoms with Crippen molar-refractivity contribution < 1.29 is 4.39 Å². The molecule has 0 heterocycles. The van der Waals surface area contributed by atoms with Crippen molar-refractivity contribution in [3.8, 4) is 0 Å². The first kappa shape index (κ1) is 9.16. The number of halogens is 2. The Kier molecular flexibility index (Phi) is 2.39. The van der Waals surface area contributed by atoms with E-state index in [4.69, 9.17) is 5.73 Å². The van der Waals surface area contributed by atoms with Gasteiger partial charge in [0, 0.05) is 12.0 Å². The molecule has 2 atom stereocenters. The number of hydrogen-bond acceptors (Lipinski definition) is 1.